The lowest BCUT2D eigenvalue weighted by atomic mass is 10.1. The highest BCUT2D eigenvalue weighted by Crippen LogP contribution is 2.29. The number of aromatic nitrogens is 2. The van der Waals surface area contributed by atoms with Crippen LogP contribution in [0.1, 0.15) is 11.1 Å². The number of alkyl halides is 3. The predicted molar refractivity (Wildman–Crippen MR) is 65.5 cm³/mol. The van der Waals surface area contributed by atoms with Crippen LogP contribution in [0.5, 0.6) is 0 Å². The lowest BCUT2D eigenvalue weighted by Crippen LogP contribution is -2.05. The van der Waals surface area contributed by atoms with E-state index in [2.05, 4.69) is 27.7 Å². The van der Waals surface area contributed by atoms with E-state index in [0.717, 1.165) is 21.4 Å². The van der Waals surface area contributed by atoms with Gasteiger partial charge in [-0.3, -0.25) is 4.68 Å². The highest BCUT2D eigenvalue weighted by molar-refractivity contribution is 14.1. The summed E-state index contributed by atoms with van der Waals surface area (Å²) in [5.74, 6) is 0. The van der Waals surface area contributed by atoms with E-state index in [4.69, 9.17) is 0 Å². The molecule has 0 amide bonds. The highest BCUT2D eigenvalue weighted by atomic mass is 127. The molecule has 17 heavy (non-hydrogen) atoms. The summed E-state index contributed by atoms with van der Waals surface area (Å²) in [4.78, 5) is 0. The van der Waals surface area contributed by atoms with E-state index in [1.165, 1.54) is 12.1 Å². The van der Waals surface area contributed by atoms with Crippen molar-refractivity contribution in [2.45, 2.75) is 12.7 Å². The minimum absolute atomic E-state index is 0.473. The van der Waals surface area contributed by atoms with Crippen LogP contribution < -0.4 is 0 Å². The number of hydrogen-bond donors (Lipinski definition) is 0. The fourth-order valence-corrected chi connectivity index (χ4v) is 1.85. The van der Waals surface area contributed by atoms with E-state index in [1.807, 2.05) is 6.07 Å². The van der Waals surface area contributed by atoms with Crippen molar-refractivity contribution in [1.82, 2.24) is 9.78 Å². The van der Waals surface area contributed by atoms with Crippen LogP contribution in [0, 0.1) is 3.70 Å². The molecule has 0 aliphatic heterocycles. The Balaban J connectivity index is 2.13. The molecule has 0 saturated carbocycles. The minimum Gasteiger partial charge on any atom is -0.267 e. The maximum absolute atomic E-state index is 12.3. The lowest BCUT2D eigenvalue weighted by molar-refractivity contribution is -0.137. The maximum atomic E-state index is 12.3. The third-order valence-electron chi connectivity index (χ3n) is 2.23. The van der Waals surface area contributed by atoms with E-state index >= 15 is 0 Å². The van der Waals surface area contributed by atoms with E-state index in [0.29, 0.717) is 6.54 Å². The van der Waals surface area contributed by atoms with Gasteiger partial charge in [-0.05, 0) is 46.4 Å². The van der Waals surface area contributed by atoms with Crippen LogP contribution in [0.15, 0.2) is 36.5 Å². The first kappa shape index (κ1) is 12.4. The van der Waals surface area contributed by atoms with Crippen molar-refractivity contribution in [3.8, 4) is 0 Å². The molecule has 0 aliphatic carbocycles. The molecule has 0 spiro atoms. The zero-order chi connectivity index (χ0) is 12.5. The first-order chi connectivity index (χ1) is 7.95. The Morgan fingerprint density at radius 1 is 1.12 bits per heavy atom. The van der Waals surface area contributed by atoms with Crippen molar-refractivity contribution in [2.24, 2.45) is 0 Å². The summed E-state index contributed by atoms with van der Waals surface area (Å²) >= 11 is 2.08. The van der Waals surface area contributed by atoms with Gasteiger partial charge < -0.3 is 0 Å². The Kier molecular flexibility index (Phi) is 3.41. The van der Waals surface area contributed by atoms with Gasteiger partial charge in [0.15, 0.2) is 0 Å². The van der Waals surface area contributed by atoms with Crippen molar-refractivity contribution >= 4 is 22.6 Å². The Bertz CT molecular complexity index is 502. The van der Waals surface area contributed by atoms with Gasteiger partial charge in [0.05, 0.1) is 12.1 Å². The molecule has 2 aromatic rings. The van der Waals surface area contributed by atoms with Crippen LogP contribution >= 0.6 is 22.6 Å². The van der Waals surface area contributed by atoms with Crippen molar-refractivity contribution in [1.29, 1.82) is 0 Å². The van der Waals surface area contributed by atoms with Gasteiger partial charge >= 0.3 is 6.18 Å². The fourth-order valence-electron chi connectivity index (χ4n) is 1.41. The normalized spacial score (nSPS) is 11.8. The fraction of sp³-hybridized carbons (Fsp3) is 0.182. The molecule has 90 valence electrons. The summed E-state index contributed by atoms with van der Waals surface area (Å²) < 4.78 is 39.5. The Morgan fingerprint density at radius 3 is 2.24 bits per heavy atom. The molecule has 0 saturated heterocycles. The van der Waals surface area contributed by atoms with Gasteiger partial charge in [-0.15, -0.1) is 0 Å². The number of benzene rings is 1. The van der Waals surface area contributed by atoms with Crippen LogP contribution in [0.4, 0.5) is 13.2 Å². The average Bonchev–Trinajstić information content (AvgIpc) is 2.63. The SMILES string of the molecule is FC(F)(F)c1ccc(Cn2ccc(I)n2)cc1. The van der Waals surface area contributed by atoms with Gasteiger partial charge in [-0.25, -0.2) is 0 Å². The molecule has 0 fully saturated rings. The second-order valence-corrected chi connectivity index (χ2v) is 4.64. The van der Waals surface area contributed by atoms with Gasteiger partial charge in [0, 0.05) is 6.20 Å². The molecule has 0 bridgehead atoms. The van der Waals surface area contributed by atoms with Crippen LogP contribution in [0.2, 0.25) is 0 Å². The van der Waals surface area contributed by atoms with Crippen molar-refractivity contribution in [2.75, 3.05) is 0 Å². The number of nitrogens with zero attached hydrogens (tertiary/aromatic N) is 2. The molecule has 2 rings (SSSR count). The largest absolute Gasteiger partial charge is 0.416 e. The van der Waals surface area contributed by atoms with E-state index in [-0.39, 0.29) is 0 Å². The summed E-state index contributed by atoms with van der Waals surface area (Å²) in [6, 6.07) is 6.95. The molecule has 0 N–H and O–H groups in total. The topological polar surface area (TPSA) is 17.8 Å². The molecule has 6 heteroatoms. The van der Waals surface area contributed by atoms with Gasteiger partial charge in [0.1, 0.15) is 3.70 Å². The molecule has 0 unspecified atom stereocenters. The van der Waals surface area contributed by atoms with E-state index < -0.39 is 11.7 Å². The average molecular weight is 352 g/mol. The van der Waals surface area contributed by atoms with Gasteiger partial charge in [0.25, 0.3) is 0 Å². The molecular weight excluding hydrogens is 344 g/mol. The van der Waals surface area contributed by atoms with Gasteiger partial charge in [-0.1, -0.05) is 12.1 Å². The lowest BCUT2D eigenvalue weighted by Gasteiger charge is -2.07. The number of rotatable bonds is 2. The summed E-state index contributed by atoms with van der Waals surface area (Å²) in [6.45, 7) is 0.473. The summed E-state index contributed by atoms with van der Waals surface area (Å²) in [7, 11) is 0. The first-order valence-electron chi connectivity index (χ1n) is 4.80. The molecule has 1 heterocycles. The zero-order valence-corrected chi connectivity index (χ0v) is 10.7. The van der Waals surface area contributed by atoms with Crippen LogP contribution in [-0.4, -0.2) is 9.78 Å². The molecular formula is C11H8F3IN2. The first-order valence-corrected chi connectivity index (χ1v) is 5.88. The number of halogens is 4. The van der Waals surface area contributed by atoms with Crippen LogP contribution in [-0.2, 0) is 12.7 Å². The summed E-state index contributed by atoms with van der Waals surface area (Å²) in [5.41, 5.74) is 0.161. The Labute approximate surface area is 110 Å². The highest BCUT2D eigenvalue weighted by Gasteiger charge is 2.29. The maximum Gasteiger partial charge on any atom is 0.416 e. The monoisotopic (exact) mass is 352 g/mol. The van der Waals surface area contributed by atoms with Gasteiger partial charge in [-0.2, -0.15) is 18.3 Å². The quantitative estimate of drug-likeness (QED) is 0.756. The molecule has 0 atom stereocenters. The van der Waals surface area contributed by atoms with Gasteiger partial charge in [0.2, 0.25) is 0 Å². The van der Waals surface area contributed by atoms with Crippen molar-refractivity contribution in [3.05, 3.63) is 51.4 Å². The predicted octanol–water partition coefficient (Wildman–Crippen LogP) is 3.55. The standard InChI is InChI=1S/C11H8F3IN2/c12-11(13,14)9-3-1-8(2-4-9)7-17-6-5-10(15)16-17/h1-6H,7H2. The molecule has 1 aromatic heterocycles. The van der Waals surface area contributed by atoms with Crippen LogP contribution in [0.25, 0.3) is 0 Å². The summed E-state index contributed by atoms with van der Waals surface area (Å²) in [5, 5.41) is 4.16. The molecule has 0 aliphatic rings. The smallest absolute Gasteiger partial charge is 0.267 e. The summed E-state index contributed by atoms with van der Waals surface area (Å²) in [6.07, 6.45) is -2.49. The molecule has 1 aromatic carbocycles. The van der Waals surface area contributed by atoms with E-state index in [1.54, 1.807) is 10.9 Å². The van der Waals surface area contributed by atoms with Crippen molar-refractivity contribution in [3.63, 3.8) is 0 Å². The minimum atomic E-state index is -4.28. The van der Waals surface area contributed by atoms with E-state index in [9.17, 15) is 13.2 Å². The molecule has 0 radical (unpaired) electrons. The van der Waals surface area contributed by atoms with Crippen LogP contribution in [0.3, 0.4) is 0 Å². The Hall–Kier alpha value is -1.05. The third-order valence-corrected chi connectivity index (χ3v) is 2.81. The second-order valence-electron chi connectivity index (χ2n) is 3.53. The third kappa shape index (κ3) is 3.21. The number of hydrogen-bond acceptors (Lipinski definition) is 1. The Morgan fingerprint density at radius 2 is 1.76 bits per heavy atom. The zero-order valence-electron chi connectivity index (χ0n) is 8.58. The molecule has 2 nitrogen and oxygen atoms in total. The van der Waals surface area contributed by atoms with Crippen molar-refractivity contribution < 1.29 is 13.2 Å². The second kappa shape index (κ2) is 4.67.